The molecule has 2 aromatic carbocycles. The molecule has 4 nitrogen and oxygen atoms in total. The summed E-state index contributed by atoms with van der Waals surface area (Å²) in [5, 5.41) is 2.78. The van der Waals surface area contributed by atoms with E-state index in [0.29, 0.717) is 23.5 Å². The lowest BCUT2D eigenvalue weighted by molar-refractivity contribution is -0.121. The molecule has 1 atom stereocenters. The number of hydrogen-bond acceptors (Lipinski definition) is 3. The van der Waals surface area contributed by atoms with E-state index in [4.69, 9.17) is 9.47 Å². The van der Waals surface area contributed by atoms with Gasteiger partial charge in [0.2, 0.25) is 5.91 Å². The van der Waals surface area contributed by atoms with Crippen LogP contribution in [-0.2, 0) is 11.2 Å². The van der Waals surface area contributed by atoms with E-state index in [1.165, 1.54) is 6.07 Å². The molecule has 1 N–H and O–H groups in total. The van der Waals surface area contributed by atoms with Gasteiger partial charge in [0, 0.05) is 12.5 Å². The van der Waals surface area contributed by atoms with Crippen LogP contribution in [0.2, 0.25) is 0 Å². The smallest absolute Gasteiger partial charge is 0.220 e. The van der Waals surface area contributed by atoms with Crippen molar-refractivity contribution in [1.82, 2.24) is 5.32 Å². The van der Waals surface area contributed by atoms with Gasteiger partial charge < -0.3 is 14.8 Å². The Morgan fingerprint density at radius 1 is 1.04 bits per heavy atom. The van der Waals surface area contributed by atoms with Crippen molar-refractivity contribution in [2.75, 3.05) is 14.2 Å². The molecule has 0 aliphatic heterocycles. The van der Waals surface area contributed by atoms with E-state index in [1.807, 2.05) is 12.1 Å². The number of nitrogens with one attached hydrogen (secondary N) is 1. The molecule has 0 aliphatic carbocycles. The fourth-order valence-corrected chi connectivity index (χ4v) is 2.45. The van der Waals surface area contributed by atoms with Crippen molar-refractivity contribution in [2.24, 2.45) is 0 Å². The van der Waals surface area contributed by atoms with Gasteiger partial charge in [-0.05, 0) is 48.7 Å². The highest BCUT2D eigenvalue weighted by molar-refractivity contribution is 5.76. The van der Waals surface area contributed by atoms with Crippen LogP contribution in [0.15, 0.2) is 36.4 Å². The summed E-state index contributed by atoms with van der Waals surface area (Å²) in [5.41, 5.74) is 1.42. The maximum atomic E-state index is 13.3. The van der Waals surface area contributed by atoms with Crippen molar-refractivity contribution < 1.29 is 23.0 Å². The van der Waals surface area contributed by atoms with Gasteiger partial charge in [0.05, 0.1) is 20.3 Å². The second-order valence-corrected chi connectivity index (χ2v) is 5.68. The highest BCUT2D eigenvalue weighted by Gasteiger charge is 2.12. The van der Waals surface area contributed by atoms with Crippen LogP contribution in [0.3, 0.4) is 0 Å². The topological polar surface area (TPSA) is 47.6 Å². The molecule has 134 valence electrons. The predicted molar refractivity (Wildman–Crippen MR) is 90.8 cm³/mol. The minimum absolute atomic E-state index is 0.181. The zero-order chi connectivity index (χ0) is 18.4. The monoisotopic (exact) mass is 349 g/mol. The molecule has 6 heteroatoms. The summed E-state index contributed by atoms with van der Waals surface area (Å²) in [7, 11) is 3.13. The van der Waals surface area contributed by atoms with Gasteiger partial charge in [-0.25, -0.2) is 8.78 Å². The number of benzene rings is 2. The molecule has 0 fully saturated rings. The summed E-state index contributed by atoms with van der Waals surface area (Å²) in [6.07, 6.45) is 0.758. The van der Waals surface area contributed by atoms with E-state index in [-0.39, 0.29) is 12.3 Å². The van der Waals surface area contributed by atoms with Crippen LogP contribution in [0.5, 0.6) is 11.5 Å². The van der Waals surface area contributed by atoms with Crippen molar-refractivity contribution in [3.8, 4) is 11.5 Å². The first-order valence-corrected chi connectivity index (χ1v) is 7.89. The van der Waals surface area contributed by atoms with E-state index < -0.39 is 17.7 Å². The van der Waals surface area contributed by atoms with E-state index in [9.17, 15) is 13.6 Å². The Morgan fingerprint density at radius 2 is 1.68 bits per heavy atom. The van der Waals surface area contributed by atoms with Gasteiger partial charge in [-0.3, -0.25) is 4.79 Å². The normalized spacial score (nSPS) is 11.7. The molecule has 2 rings (SSSR count). The SMILES string of the molecule is COc1cc(CCC(=O)NC(C)c2ccc(F)c(F)c2)cc(OC)c1. The van der Waals surface area contributed by atoms with Gasteiger partial charge in [-0.2, -0.15) is 0 Å². The third-order valence-corrected chi connectivity index (χ3v) is 3.87. The van der Waals surface area contributed by atoms with Crippen molar-refractivity contribution >= 4 is 5.91 Å². The van der Waals surface area contributed by atoms with Gasteiger partial charge >= 0.3 is 0 Å². The Morgan fingerprint density at radius 3 is 2.24 bits per heavy atom. The summed E-state index contributed by atoms with van der Waals surface area (Å²) >= 11 is 0. The first kappa shape index (κ1) is 18.7. The van der Waals surface area contributed by atoms with Crippen LogP contribution in [0, 0.1) is 11.6 Å². The Labute approximate surface area is 145 Å². The molecule has 0 bridgehead atoms. The van der Waals surface area contributed by atoms with Crippen LogP contribution in [0.1, 0.15) is 30.5 Å². The maximum absolute atomic E-state index is 13.3. The fourth-order valence-electron chi connectivity index (χ4n) is 2.45. The lowest BCUT2D eigenvalue weighted by Crippen LogP contribution is -2.26. The molecular weight excluding hydrogens is 328 g/mol. The van der Waals surface area contributed by atoms with Crippen molar-refractivity contribution in [2.45, 2.75) is 25.8 Å². The number of methoxy groups -OCH3 is 2. The minimum atomic E-state index is -0.929. The van der Waals surface area contributed by atoms with Gasteiger partial charge in [0.1, 0.15) is 11.5 Å². The van der Waals surface area contributed by atoms with Crippen LogP contribution in [0.4, 0.5) is 8.78 Å². The molecule has 0 saturated heterocycles. The second kappa shape index (κ2) is 8.46. The number of amides is 1. The molecular formula is C19H21F2NO3. The lowest BCUT2D eigenvalue weighted by atomic mass is 10.1. The minimum Gasteiger partial charge on any atom is -0.497 e. The number of aryl methyl sites for hydroxylation is 1. The molecule has 0 heterocycles. The standard InChI is InChI=1S/C19H21F2NO3/c1-12(14-5-6-17(20)18(21)10-14)22-19(23)7-4-13-8-15(24-2)11-16(9-13)25-3/h5-6,8-12H,4,7H2,1-3H3,(H,22,23). The second-order valence-electron chi connectivity index (χ2n) is 5.68. The molecule has 0 saturated carbocycles. The van der Waals surface area contributed by atoms with E-state index in [2.05, 4.69) is 5.32 Å². The van der Waals surface area contributed by atoms with Gasteiger partial charge in [0.15, 0.2) is 11.6 Å². The number of carbonyl (C=O) groups is 1. The number of ether oxygens (including phenoxy) is 2. The molecule has 0 aromatic heterocycles. The van der Waals surface area contributed by atoms with Gasteiger partial charge in [0.25, 0.3) is 0 Å². The summed E-state index contributed by atoms with van der Waals surface area (Å²) in [6, 6.07) is 8.62. The lowest BCUT2D eigenvalue weighted by Gasteiger charge is -2.15. The first-order chi connectivity index (χ1) is 11.9. The quantitative estimate of drug-likeness (QED) is 0.827. The van der Waals surface area contributed by atoms with E-state index in [0.717, 1.165) is 17.7 Å². The largest absolute Gasteiger partial charge is 0.497 e. The van der Waals surface area contributed by atoms with Crippen LogP contribution in [-0.4, -0.2) is 20.1 Å². The first-order valence-electron chi connectivity index (χ1n) is 7.89. The number of hydrogen-bond donors (Lipinski definition) is 1. The average Bonchev–Trinajstić information content (AvgIpc) is 2.61. The highest BCUT2D eigenvalue weighted by Crippen LogP contribution is 2.23. The van der Waals surface area contributed by atoms with Crippen molar-refractivity contribution in [1.29, 1.82) is 0 Å². The van der Waals surface area contributed by atoms with Crippen molar-refractivity contribution in [3.05, 3.63) is 59.2 Å². The summed E-state index contributed by atoms with van der Waals surface area (Å²) in [4.78, 5) is 12.1. The number of halogens is 2. The number of rotatable bonds is 7. The van der Waals surface area contributed by atoms with Gasteiger partial charge in [-0.15, -0.1) is 0 Å². The zero-order valence-corrected chi connectivity index (χ0v) is 14.4. The van der Waals surface area contributed by atoms with Crippen LogP contribution < -0.4 is 14.8 Å². The summed E-state index contributed by atoms with van der Waals surface area (Å²) < 4.78 is 36.7. The Bertz CT molecular complexity index is 727. The molecule has 0 aliphatic rings. The van der Waals surface area contributed by atoms with Crippen LogP contribution >= 0.6 is 0 Å². The maximum Gasteiger partial charge on any atom is 0.220 e. The van der Waals surface area contributed by atoms with Crippen LogP contribution in [0.25, 0.3) is 0 Å². The van der Waals surface area contributed by atoms with E-state index in [1.54, 1.807) is 27.2 Å². The third-order valence-electron chi connectivity index (χ3n) is 3.87. The third kappa shape index (κ3) is 5.17. The molecule has 1 unspecified atom stereocenters. The Hall–Kier alpha value is -2.63. The Kier molecular flexibility index (Phi) is 6.33. The molecule has 25 heavy (non-hydrogen) atoms. The molecule has 0 radical (unpaired) electrons. The molecule has 2 aromatic rings. The fraction of sp³-hybridized carbons (Fsp3) is 0.316. The van der Waals surface area contributed by atoms with Gasteiger partial charge in [-0.1, -0.05) is 6.07 Å². The van der Waals surface area contributed by atoms with Crippen molar-refractivity contribution in [3.63, 3.8) is 0 Å². The summed E-state index contributed by atoms with van der Waals surface area (Å²) in [5.74, 6) is -0.704. The summed E-state index contributed by atoms with van der Waals surface area (Å²) in [6.45, 7) is 1.72. The average molecular weight is 349 g/mol. The Balaban J connectivity index is 1.95. The highest BCUT2D eigenvalue weighted by atomic mass is 19.2. The molecule has 0 spiro atoms. The molecule has 1 amide bonds. The predicted octanol–water partition coefficient (Wildman–Crippen LogP) is 3.79. The van der Waals surface area contributed by atoms with E-state index >= 15 is 0 Å². The number of carbonyl (C=O) groups excluding carboxylic acids is 1. The zero-order valence-electron chi connectivity index (χ0n) is 14.4.